The molecule has 1 aromatic carbocycles. The number of likely N-dealkylation sites (tertiary alicyclic amines) is 1. The Bertz CT molecular complexity index is 1160. The predicted molar refractivity (Wildman–Crippen MR) is 139 cm³/mol. The van der Waals surface area contributed by atoms with Gasteiger partial charge in [-0.05, 0) is 29.3 Å². The van der Waals surface area contributed by atoms with Crippen molar-refractivity contribution >= 4 is 45.0 Å². The van der Waals surface area contributed by atoms with Gasteiger partial charge >= 0.3 is 6.09 Å². The van der Waals surface area contributed by atoms with Crippen LogP contribution < -0.4 is 14.8 Å². The Kier molecular flexibility index (Phi) is 10.00. The van der Waals surface area contributed by atoms with Gasteiger partial charge < -0.3 is 24.2 Å². The molecule has 0 saturated carbocycles. The number of methoxy groups -OCH3 is 2. The minimum Gasteiger partial charge on any atom is -0.493 e. The lowest BCUT2D eigenvalue weighted by Gasteiger charge is -2.24. The maximum absolute atomic E-state index is 13.4. The number of nitrogens with zero attached hydrogens (tertiary/aromatic N) is 3. The van der Waals surface area contributed by atoms with Gasteiger partial charge in [-0.15, -0.1) is 0 Å². The number of ether oxygens (including phenoxy) is 3. The largest absolute Gasteiger partial charge is 0.493 e. The summed E-state index contributed by atoms with van der Waals surface area (Å²) in [7, 11) is 5.52. The van der Waals surface area contributed by atoms with Crippen LogP contribution >= 0.6 is 21.6 Å². The smallest absolute Gasteiger partial charge is 0.411 e. The van der Waals surface area contributed by atoms with Gasteiger partial charge in [-0.1, -0.05) is 22.9 Å². The lowest BCUT2D eigenvalue weighted by atomic mass is 10.1. The van der Waals surface area contributed by atoms with Crippen LogP contribution in [0.1, 0.15) is 16.8 Å². The molecular weight excluding hydrogens is 524 g/mol. The maximum atomic E-state index is 13.4. The molecule has 1 saturated heterocycles. The van der Waals surface area contributed by atoms with Crippen LogP contribution in [0.25, 0.3) is 0 Å². The number of pyridine rings is 1. The molecule has 0 bridgehead atoms. The molecule has 2 heterocycles. The molecular formula is C23H26N4O8S2. The number of hydrogen-bond acceptors (Lipinski definition) is 11. The molecule has 0 spiro atoms. The highest BCUT2D eigenvalue weighted by Gasteiger charge is 2.33. The van der Waals surface area contributed by atoms with Gasteiger partial charge in [-0.25, -0.2) is 9.78 Å². The van der Waals surface area contributed by atoms with Gasteiger partial charge in [-0.2, -0.15) is 0 Å². The van der Waals surface area contributed by atoms with Crippen LogP contribution in [0.5, 0.6) is 11.5 Å². The van der Waals surface area contributed by atoms with E-state index in [1.807, 2.05) is 0 Å². The Morgan fingerprint density at radius 2 is 2.03 bits per heavy atom. The molecule has 12 nitrogen and oxygen atoms in total. The van der Waals surface area contributed by atoms with Crippen molar-refractivity contribution < 1.29 is 33.8 Å². The van der Waals surface area contributed by atoms with E-state index in [0.717, 1.165) is 5.57 Å². The second-order valence-electron chi connectivity index (χ2n) is 7.75. The number of carbonyl (C=O) groups is 2. The van der Waals surface area contributed by atoms with Crippen LogP contribution in [-0.4, -0.2) is 77.7 Å². The molecule has 1 fully saturated rings. The molecule has 1 aliphatic rings. The number of amides is 2. The molecule has 37 heavy (non-hydrogen) atoms. The van der Waals surface area contributed by atoms with Gasteiger partial charge in [0.25, 0.3) is 11.6 Å². The molecule has 198 valence electrons. The number of rotatable bonds is 11. The molecule has 1 aromatic heterocycles. The monoisotopic (exact) mass is 550 g/mol. The van der Waals surface area contributed by atoms with E-state index >= 15 is 0 Å². The highest BCUT2D eigenvalue weighted by molar-refractivity contribution is 8.76. The summed E-state index contributed by atoms with van der Waals surface area (Å²) < 4.78 is 15.9. The molecule has 2 N–H and O–H groups in total. The summed E-state index contributed by atoms with van der Waals surface area (Å²) in [4.78, 5) is 41.5. The first kappa shape index (κ1) is 28.1. The quantitative estimate of drug-likeness (QED) is 0.138. The summed E-state index contributed by atoms with van der Waals surface area (Å²) >= 11 is 0. The number of benzene rings is 1. The Morgan fingerprint density at radius 1 is 1.30 bits per heavy atom. The van der Waals surface area contributed by atoms with Crippen LogP contribution in [0.2, 0.25) is 0 Å². The van der Waals surface area contributed by atoms with E-state index in [2.05, 4.69) is 16.9 Å². The normalized spacial score (nSPS) is 14.8. The van der Waals surface area contributed by atoms with Gasteiger partial charge in [0, 0.05) is 24.4 Å². The number of nitrogens with one attached hydrogen (secondary N) is 1. The number of carbonyl (C=O) groups excluding carboxylic acids is 2. The van der Waals surface area contributed by atoms with Crippen LogP contribution in [0, 0.1) is 10.1 Å². The van der Waals surface area contributed by atoms with Crippen molar-refractivity contribution in [2.24, 2.45) is 0 Å². The van der Waals surface area contributed by atoms with Gasteiger partial charge in [0.1, 0.15) is 17.8 Å². The third-order valence-corrected chi connectivity index (χ3v) is 7.53. The fraction of sp³-hybridized carbons (Fsp3) is 0.348. The lowest BCUT2D eigenvalue weighted by Crippen LogP contribution is -2.38. The standard InChI is InChI=1S/C23H26N4O8S2/c1-14-8-16(13-28)26(12-14)22(29)17-9-19(33-2)20(34-3)10-18(17)25-23(30)35-6-7-36-37-21-5-4-15(11-24-21)27(31)32/h4-5,9-11,16,28H,1,6-8,12-13H2,2-3H3,(H,25,30)/t16-/m0/s1. The Balaban J connectivity index is 1.62. The SMILES string of the molecule is C=C1C[C@@H](CO)N(C(=O)c2cc(OC)c(OC)cc2NC(=O)OCCSSc2ccc([N+](=O)[O-])cn2)C1. The summed E-state index contributed by atoms with van der Waals surface area (Å²) in [6.45, 7) is 4.05. The first-order valence-corrected chi connectivity index (χ1v) is 13.3. The lowest BCUT2D eigenvalue weighted by molar-refractivity contribution is -0.385. The molecule has 3 rings (SSSR count). The Morgan fingerprint density at radius 3 is 2.65 bits per heavy atom. The van der Waals surface area contributed by atoms with Crippen LogP contribution in [0.15, 0.2) is 47.6 Å². The summed E-state index contributed by atoms with van der Waals surface area (Å²) in [5, 5.41) is 23.6. The van der Waals surface area contributed by atoms with Crippen molar-refractivity contribution in [1.82, 2.24) is 9.88 Å². The van der Waals surface area contributed by atoms with E-state index in [4.69, 9.17) is 14.2 Å². The summed E-state index contributed by atoms with van der Waals surface area (Å²) in [5.74, 6) is 0.622. The third kappa shape index (κ3) is 7.27. The maximum Gasteiger partial charge on any atom is 0.411 e. The van der Waals surface area contributed by atoms with E-state index in [1.54, 1.807) is 0 Å². The molecule has 1 aliphatic heterocycles. The van der Waals surface area contributed by atoms with Crippen molar-refractivity contribution in [2.45, 2.75) is 17.5 Å². The Labute approximate surface area is 220 Å². The molecule has 1 atom stereocenters. The molecule has 2 aromatic rings. The van der Waals surface area contributed by atoms with Crippen molar-refractivity contribution in [1.29, 1.82) is 0 Å². The zero-order valence-corrected chi connectivity index (χ0v) is 21.8. The average molecular weight is 551 g/mol. The summed E-state index contributed by atoms with van der Waals surface area (Å²) in [6, 6.07) is 5.43. The van der Waals surface area contributed by atoms with Crippen LogP contribution in [0.4, 0.5) is 16.2 Å². The zero-order chi connectivity index (χ0) is 26.9. The number of aromatic nitrogens is 1. The minimum atomic E-state index is -0.773. The van der Waals surface area contributed by atoms with Crippen molar-refractivity contribution in [3.05, 3.63) is 58.3 Å². The number of anilines is 1. The van der Waals surface area contributed by atoms with E-state index in [0.29, 0.717) is 35.2 Å². The molecule has 0 aliphatic carbocycles. The second-order valence-corrected chi connectivity index (χ2v) is 10.2. The number of aliphatic hydroxyl groups excluding tert-OH is 1. The van der Waals surface area contributed by atoms with Gasteiger partial charge in [0.05, 0.1) is 43.0 Å². The van der Waals surface area contributed by atoms with Gasteiger partial charge in [0.2, 0.25) is 0 Å². The molecule has 14 heteroatoms. The molecule has 2 amide bonds. The minimum absolute atomic E-state index is 0.0611. The predicted octanol–water partition coefficient (Wildman–Crippen LogP) is 3.76. The Hall–Kier alpha value is -3.49. The van der Waals surface area contributed by atoms with Gasteiger partial charge in [-0.3, -0.25) is 20.2 Å². The molecule has 0 unspecified atom stereocenters. The highest BCUT2D eigenvalue weighted by atomic mass is 33.1. The fourth-order valence-corrected chi connectivity index (χ4v) is 5.23. The molecule has 0 radical (unpaired) electrons. The summed E-state index contributed by atoms with van der Waals surface area (Å²) in [5.41, 5.74) is 1.04. The van der Waals surface area contributed by atoms with Crippen molar-refractivity contribution in [3.8, 4) is 11.5 Å². The van der Waals surface area contributed by atoms with E-state index in [9.17, 15) is 24.8 Å². The van der Waals surface area contributed by atoms with E-state index in [1.165, 1.54) is 71.2 Å². The average Bonchev–Trinajstić information content (AvgIpc) is 3.28. The van der Waals surface area contributed by atoms with Crippen LogP contribution in [0.3, 0.4) is 0 Å². The van der Waals surface area contributed by atoms with E-state index in [-0.39, 0.29) is 30.2 Å². The second kappa shape index (κ2) is 13.2. The number of nitro groups is 1. The number of hydrogen-bond donors (Lipinski definition) is 2. The fourth-order valence-electron chi connectivity index (χ4n) is 3.54. The first-order chi connectivity index (χ1) is 17.8. The summed E-state index contributed by atoms with van der Waals surface area (Å²) in [6.07, 6.45) is 0.894. The van der Waals surface area contributed by atoms with Crippen molar-refractivity contribution in [2.75, 3.05) is 45.0 Å². The van der Waals surface area contributed by atoms with E-state index < -0.39 is 23.0 Å². The topological polar surface area (TPSA) is 153 Å². The van der Waals surface area contributed by atoms with Crippen molar-refractivity contribution in [3.63, 3.8) is 0 Å². The highest BCUT2D eigenvalue weighted by Crippen LogP contribution is 2.36. The van der Waals surface area contributed by atoms with Gasteiger partial charge in [0.15, 0.2) is 11.5 Å². The zero-order valence-electron chi connectivity index (χ0n) is 20.2. The number of aliphatic hydroxyl groups is 1. The third-order valence-electron chi connectivity index (χ3n) is 5.30. The van der Waals surface area contributed by atoms with Crippen LogP contribution in [-0.2, 0) is 4.74 Å². The first-order valence-electron chi connectivity index (χ1n) is 11.0.